The molecule has 6 nitrogen and oxygen atoms in total. The van der Waals surface area contributed by atoms with Crippen LogP contribution in [0, 0.1) is 0 Å². The van der Waals surface area contributed by atoms with Crippen molar-refractivity contribution < 1.29 is 18.9 Å². The van der Waals surface area contributed by atoms with E-state index < -0.39 is 20.2 Å². The highest BCUT2D eigenvalue weighted by Gasteiger charge is 2.17. The first-order chi connectivity index (χ1) is 11.5. The van der Waals surface area contributed by atoms with Crippen LogP contribution in [0.2, 0.25) is 5.02 Å². The predicted molar refractivity (Wildman–Crippen MR) is 92.8 cm³/mol. The van der Waals surface area contributed by atoms with E-state index in [0.29, 0.717) is 17.4 Å². The molecule has 24 heavy (non-hydrogen) atoms. The molecular weight excluding hydrogens is 351 g/mol. The largest absolute Gasteiger partial charge is 0.574 e. The standard InChI is InChI=1S/C16H18ClN2O4P/c1-3-10-22-16(20)11(2)18-19-24(21)23-15-13-7-5-4-6-12(13)8-9-14(15)17/h4-9,11,18H,3,10H2,1-2H3/t11-/m0/s1. The summed E-state index contributed by atoms with van der Waals surface area (Å²) in [6.07, 6.45) is 0.729. The van der Waals surface area contributed by atoms with Crippen LogP contribution in [0.15, 0.2) is 41.3 Å². The maximum atomic E-state index is 12.0. The van der Waals surface area contributed by atoms with E-state index in [-0.39, 0.29) is 0 Å². The number of esters is 1. The van der Waals surface area contributed by atoms with Crippen LogP contribution in [0.5, 0.6) is 5.75 Å². The van der Waals surface area contributed by atoms with Crippen molar-refractivity contribution in [2.75, 3.05) is 6.61 Å². The second-order valence-corrected chi connectivity index (χ2v) is 6.31. The number of hydrogen-bond acceptors (Lipinski definition) is 5. The highest BCUT2D eigenvalue weighted by molar-refractivity contribution is 7.34. The van der Waals surface area contributed by atoms with Gasteiger partial charge in [0.05, 0.1) is 11.6 Å². The van der Waals surface area contributed by atoms with Gasteiger partial charge in [0, 0.05) is 10.2 Å². The molecule has 0 heterocycles. The van der Waals surface area contributed by atoms with Gasteiger partial charge in [-0.2, -0.15) is 5.43 Å². The predicted octanol–water partition coefficient (Wildman–Crippen LogP) is 3.57. The number of rotatable bonds is 7. The van der Waals surface area contributed by atoms with Gasteiger partial charge in [-0.05, 0) is 24.8 Å². The van der Waals surface area contributed by atoms with Crippen LogP contribution in [0.25, 0.3) is 10.8 Å². The Morgan fingerprint density at radius 3 is 2.88 bits per heavy atom. The fraction of sp³-hybridized carbons (Fsp3) is 0.312. The number of carbonyl (C=O) groups excluding carboxylic acids is 1. The molecular formula is C16H18ClN2O4P. The van der Waals surface area contributed by atoms with E-state index in [2.05, 4.69) is 10.3 Å². The molecule has 0 spiro atoms. The zero-order valence-electron chi connectivity index (χ0n) is 13.4. The van der Waals surface area contributed by atoms with Crippen molar-refractivity contribution >= 4 is 36.5 Å². The zero-order chi connectivity index (χ0) is 17.5. The molecule has 8 heteroatoms. The van der Waals surface area contributed by atoms with E-state index in [0.717, 1.165) is 17.2 Å². The number of fused-ring (bicyclic) bond motifs is 1. The Balaban J connectivity index is 2.08. The second-order valence-electron chi connectivity index (χ2n) is 5.05. The summed E-state index contributed by atoms with van der Waals surface area (Å²) in [5.74, 6) is -0.171. The lowest BCUT2D eigenvalue weighted by Gasteiger charge is -2.08. The van der Waals surface area contributed by atoms with E-state index in [1.165, 1.54) is 0 Å². The number of nitrogens with zero attached hydrogens (tertiary/aromatic N) is 1. The molecule has 2 atom stereocenters. The van der Waals surface area contributed by atoms with Crippen LogP contribution in [0.3, 0.4) is 0 Å². The molecule has 0 aliphatic heterocycles. The Morgan fingerprint density at radius 1 is 1.38 bits per heavy atom. The summed E-state index contributed by atoms with van der Waals surface area (Å²) in [5.41, 5.74) is 2.48. The third kappa shape index (κ3) is 4.89. The molecule has 1 N–H and O–H groups in total. The van der Waals surface area contributed by atoms with Crippen LogP contribution < -0.4 is 14.8 Å². The van der Waals surface area contributed by atoms with E-state index in [9.17, 15) is 9.69 Å². The van der Waals surface area contributed by atoms with Crippen molar-refractivity contribution in [3.8, 4) is 5.75 Å². The number of nitrogens with one attached hydrogen (secondary N) is 1. The molecule has 2 rings (SSSR count). The smallest absolute Gasteiger partial charge is 0.412 e. The van der Waals surface area contributed by atoms with Crippen molar-refractivity contribution in [2.24, 2.45) is 4.85 Å². The van der Waals surface area contributed by atoms with E-state index in [1.54, 1.807) is 13.0 Å². The molecule has 0 saturated heterocycles. The Hall–Kier alpha value is -1.72. The average molecular weight is 369 g/mol. The van der Waals surface area contributed by atoms with Crippen molar-refractivity contribution in [1.29, 1.82) is 0 Å². The van der Waals surface area contributed by atoms with Gasteiger partial charge in [-0.15, -0.1) is 0 Å². The van der Waals surface area contributed by atoms with Crippen LogP contribution >= 0.6 is 19.8 Å². The van der Waals surface area contributed by atoms with Crippen molar-refractivity contribution in [1.82, 2.24) is 5.43 Å². The Kier molecular flexibility index (Phi) is 6.94. The van der Waals surface area contributed by atoms with Gasteiger partial charge in [0.25, 0.3) is 0 Å². The van der Waals surface area contributed by atoms with Crippen molar-refractivity contribution in [3.63, 3.8) is 0 Å². The van der Waals surface area contributed by atoms with Gasteiger partial charge in [-0.3, -0.25) is 9.32 Å². The molecule has 0 amide bonds. The lowest BCUT2D eigenvalue weighted by atomic mass is 10.1. The number of carbonyl (C=O) groups is 1. The minimum atomic E-state index is -2.44. The van der Waals surface area contributed by atoms with Gasteiger partial charge in [0.1, 0.15) is 6.04 Å². The fourth-order valence-corrected chi connectivity index (χ4v) is 2.84. The van der Waals surface area contributed by atoms with Crippen molar-refractivity contribution in [2.45, 2.75) is 26.3 Å². The maximum absolute atomic E-state index is 12.0. The molecule has 0 radical (unpaired) electrons. The Bertz CT molecular complexity index is 754. The lowest BCUT2D eigenvalue weighted by molar-refractivity contribution is -0.169. The number of hydrogen-bond donors (Lipinski definition) is 1. The molecule has 0 aliphatic carbocycles. The lowest BCUT2D eigenvalue weighted by Crippen LogP contribution is -2.32. The quantitative estimate of drug-likeness (QED) is 0.459. The summed E-state index contributed by atoms with van der Waals surface area (Å²) in [6.45, 7) is 3.79. The molecule has 0 bridgehead atoms. The summed E-state index contributed by atoms with van der Waals surface area (Å²) in [5, 5.41) is 1.98. The van der Waals surface area contributed by atoms with E-state index >= 15 is 0 Å². The zero-order valence-corrected chi connectivity index (χ0v) is 15.0. The molecule has 0 fully saturated rings. The molecule has 1 unspecified atom stereocenters. The topological polar surface area (TPSA) is 83.0 Å². The van der Waals surface area contributed by atoms with Gasteiger partial charge in [-0.25, -0.2) is 0 Å². The highest BCUT2D eigenvalue weighted by Crippen LogP contribution is 2.37. The van der Waals surface area contributed by atoms with Crippen molar-refractivity contribution in [3.05, 3.63) is 41.4 Å². The summed E-state index contributed by atoms with van der Waals surface area (Å²) in [4.78, 5) is 27.3. The number of benzene rings is 2. The van der Waals surface area contributed by atoms with Gasteiger partial charge in [-0.1, -0.05) is 48.9 Å². The molecule has 0 saturated carbocycles. The van der Waals surface area contributed by atoms with Crippen LogP contribution in [-0.2, 0) is 9.53 Å². The first-order valence-corrected chi connectivity index (χ1v) is 8.99. The fourth-order valence-electron chi connectivity index (χ4n) is 1.92. The van der Waals surface area contributed by atoms with Crippen LogP contribution in [-0.4, -0.2) is 18.6 Å². The van der Waals surface area contributed by atoms with Crippen LogP contribution in [0.4, 0.5) is 0 Å². The normalized spacial score (nSPS) is 12.9. The first-order valence-electron chi connectivity index (χ1n) is 7.48. The Morgan fingerprint density at radius 2 is 2.12 bits per heavy atom. The minimum Gasteiger partial charge on any atom is -0.574 e. The van der Waals surface area contributed by atoms with Gasteiger partial charge >= 0.3 is 14.1 Å². The third-order valence-corrected chi connectivity index (χ3v) is 4.05. The van der Waals surface area contributed by atoms with Gasteiger partial charge in [0.2, 0.25) is 5.75 Å². The SMILES string of the molecule is CCCOC(=O)[C@H](C)N/N=[P+](/[O-])Oc1c(Cl)ccc2ccccc12. The summed E-state index contributed by atoms with van der Waals surface area (Å²) >= 11 is 6.13. The maximum Gasteiger partial charge on any atom is 0.412 e. The summed E-state index contributed by atoms with van der Waals surface area (Å²) < 4.78 is 10.3. The number of ether oxygens (including phenoxy) is 1. The van der Waals surface area contributed by atoms with E-state index in [1.807, 2.05) is 37.3 Å². The first kappa shape index (κ1) is 18.6. The summed E-state index contributed by atoms with van der Waals surface area (Å²) in [7, 11) is -2.44. The summed E-state index contributed by atoms with van der Waals surface area (Å²) in [6, 6.07) is 10.2. The third-order valence-electron chi connectivity index (χ3n) is 3.14. The second kappa shape index (κ2) is 8.94. The van der Waals surface area contributed by atoms with E-state index in [4.69, 9.17) is 20.9 Å². The minimum absolute atomic E-state index is 0.294. The van der Waals surface area contributed by atoms with Crippen LogP contribution in [0.1, 0.15) is 20.3 Å². The highest BCUT2D eigenvalue weighted by atomic mass is 35.5. The number of halogens is 1. The molecule has 128 valence electrons. The van der Waals surface area contributed by atoms with Gasteiger partial charge < -0.3 is 9.63 Å². The molecule has 2 aromatic carbocycles. The molecule has 2 aromatic rings. The Labute approximate surface area is 146 Å². The molecule has 0 aromatic heterocycles. The average Bonchev–Trinajstić information content (AvgIpc) is 2.60. The van der Waals surface area contributed by atoms with Gasteiger partial charge in [0.15, 0.2) is 0 Å². The monoisotopic (exact) mass is 368 g/mol. The molecule has 0 aliphatic rings.